The Balaban J connectivity index is 3.20. The van der Waals surface area contributed by atoms with Crippen molar-refractivity contribution >= 4 is 12.6 Å². The Bertz CT molecular complexity index is 92.6. The van der Waals surface area contributed by atoms with Crippen molar-refractivity contribution in [2.24, 2.45) is 0 Å². The lowest BCUT2D eigenvalue weighted by molar-refractivity contribution is 1.24. The number of hydrogen-bond acceptors (Lipinski definition) is 1. The molecule has 0 amide bonds. The topological polar surface area (TPSA) is 0 Å². The zero-order valence-corrected chi connectivity index (χ0v) is 6.12. The Labute approximate surface area is 56.7 Å². The first kappa shape index (κ1) is 7.83. The maximum absolute atomic E-state index is 4.04. The van der Waals surface area contributed by atoms with Crippen molar-refractivity contribution in [1.82, 2.24) is 0 Å². The minimum atomic E-state index is 0.920. The maximum atomic E-state index is 4.04. The lowest BCUT2D eigenvalue weighted by Crippen LogP contribution is -1.66. The van der Waals surface area contributed by atoms with Crippen LogP contribution in [-0.4, -0.2) is 5.75 Å². The van der Waals surface area contributed by atoms with E-state index in [4.69, 9.17) is 0 Å². The van der Waals surface area contributed by atoms with Crippen molar-refractivity contribution in [3.8, 4) is 0 Å². The van der Waals surface area contributed by atoms with Gasteiger partial charge in [0.1, 0.15) is 0 Å². The van der Waals surface area contributed by atoms with E-state index in [1.807, 2.05) is 13.0 Å². The molecule has 0 saturated heterocycles. The van der Waals surface area contributed by atoms with Crippen molar-refractivity contribution in [3.05, 3.63) is 24.3 Å². The highest BCUT2D eigenvalue weighted by Gasteiger charge is 1.72. The average Bonchev–Trinajstić information content (AvgIpc) is 1.66. The highest BCUT2D eigenvalue weighted by atomic mass is 32.1. The van der Waals surface area contributed by atoms with Gasteiger partial charge in [-0.3, -0.25) is 0 Å². The molecule has 0 aromatic carbocycles. The molecule has 1 heteroatoms. The smallest absolute Gasteiger partial charge is 0.00632 e. The Kier molecular flexibility index (Phi) is 4.87. The van der Waals surface area contributed by atoms with Gasteiger partial charge >= 0.3 is 0 Å². The molecule has 0 N–H and O–H groups in total. The molecule has 0 aliphatic rings. The molecular weight excluding hydrogens is 116 g/mol. The molecule has 0 rings (SSSR count). The van der Waals surface area contributed by atoms with Crippen molar-refractivity contribution in [2.75, 3.05) is 5.75 Å². The second-order valence-corrected chi connectivity index (χ2v) is 2.21. The van der Waals surface area contributed by atoms with E-state index >= 15 is 0 Å². The van der Waals surface area contributed by atoms with Gasteiger partial charge in [-0.1, -0.05) is 24.3 Å². The van der Waals surface area contributed by atoms with Crippen LogP contribution in [0.25, 0.3) is 0 Å². The highest BCUT2D eigenvalue weighted by Crippen LogP contribution is 1.92. The molecule has 0 aliphatic carbocycles. The van der Waals surface area contributed by atoms with Crippen LogP contribution in [0.15, 0.2) is 24.3 Å². The molecule has 0 fully saturated rings. The van der Waals surface area contributed by atoms with Crippen LogP contribution in [0.3, 0.4) is 0 Å². The molecule has 0 aromatic heterocycles. The summed E-state index contributed by atoms with van der Waals surface area (Å²) in [6, 6.07) is 0. The van der Waals surface area contributed by atoms with Crippen LogP contribution >= 0.6 is 12.6 Å². The standard InChI is InChI=1S/C7H12S/c1-7(2)5-3-4-6-8/h3,5,8H,1,4,6H2,2H3/b5-3-. The summed E-state index contributed by atoms with van der Waals surface area (Å²) in [5.41, 5.74) is 1.10. The highest BCUT2D eigenvalue weighted by molar-refractivity contribution is 7.80. The van der Waals surface area contributed by atoms with Crippen LogP contribution in [0, 0.1) is 0 Å². The van der Waals surface area contributed by atoms with Gasteiger partial charge in [-0.15, -0.1) is 0 Å². The summed E-state index contributed by atoms with van der Waals surface area (Å²) in [4.78, 5) is 0. The van der Waals surface area contributed by atoms with Crippen molar-refractivity contribution in [1.29, 1.82) is 0 Å². The quantitative estimate of drug-likeness (QED) is 0.438. The van der Waals surface area contributed by atoms with Crippen LogP contribution < -0.4 is 0 Å². The van der Waals surface area contributed by atoms with E-state index in [1.165, 1.54) is 0 Å². The molecule has 0 spiro atoms. The van der Waals surface area contributed by atoms with E-state index in [1.54, 1.807) is 0 Å². The second-order valence-electron chi connectivity index (χ2n) is 1.76. The van der Waals surface area contributed by atoms with Crippen molar-refractivity contribution in [2.45, 2.75) is 13.3 Å². The van der Waals surface area contributed by atoms with E-state index in [0.717, 1.165) is 17.7 Å². The van der Waals surface area contributed by atoms with E-state index in [9.17, 15) is 0 Å². The van der Waals surface area contributed by atoms with Crippen LogP contribution in [-0.2, 0) is 0 Å². The van der Waals surface area contributed by atoms with Crippen molar-refractivity contribution < 1.29 is 0 Å². The molecule has 0 atom stereocenters. The molecule has 46 valence electrons. The van der Waals surface area contributed by atoms with Gasteiger partial charge in [0, 0.05) is 0 Å². The summed E-state index contributed by atoms with van der Waals surface area (Å²) in [7, 11) is 0. The van der Waals surface area contributed by atoms with Gasteiger partial charge in [0.15, 0.2) is 0 Å². The van der Waals surface area contributed by atoms with Gasteiger partial charge in [0.2, 0.25) is 0 Å². The molecule has 0 heterocycles. The lowest BCUT2D eigenvalue weighted by Gasteiger charge is -1.83. The molecule has 8 heavy (non-hydrogen) atoms. The Hall–Kier alpha value is -0.170. The molecule has 0 unspecified atom stereocenters. The third-order valence-electron chi connectivity index (χ3n) is 0.698. The summed E-state index contributed by atoms with van der Waals surface area (Å²) < 4.78 is 0. The van der Waals surface area contributed by atoms with Gasteiger partial charge in [-0.2, -0.15) is 12.6 Å². The first-order valence-electron chi connectivity index (χ1n) is 2.70. The molecule has 0 radical (unpaired) electrons. The first-order chi connectivity index (χ1) is 3.77. The minimum absolute atomic E-state index is 0.920. The van der Waals surface area contributed by atoms with Gasteiger partial charge in [-0.25, -0.2) is 0 Å². The third kappa shape index (κ3) is 5.83. The van der Waals surface area contributed by atoms with Crippen LogP contribution in [0.2, 0.25) is 0 Å². The van der Waals surface area contributed by atoms with Crippen molar-refractivity contribution in [3.63, 3.8) is 0 Å². The largest absolute Gasteiger partial charge is 0.179 e. The van der Waals surface area contributed by atoms with Gasteiger partial charge in [0.25, 0.3) is 0 Å². The van der Waals surface area contributed by atoms with E-state index in [2.05, 4.69) is 25.3 Å². The Morgan fingerprint density at radius 1 is 1.75 bits per heavy atom. The molecule has 0 aromatic rings. The third-order valence-corrected chi connectivity index (χ3v) is 0.956. The Morgan fingerprint density at radius 2 is 2.38 bits per heavy atom. The zero-order valence-electron chi connectivity index (χ0n) is 5.22. The minimum Gasteiger partial charge on any atom is -0.179 e. The zero-order chi connectivity index (χ0) is 6.41. The van der Waals surface area contributed by atoms with Gasteiger partial charge < -0.3 is 0 Å². The number of rotatable bonds is 3. The molecule has 0 aliphatic heterocycles. The van der Waals surface area contributed by atoms with Gasteiger partial charge in [0.05, 0.1) is 0 Å². The SMILES string of the molecule is C=C(C)/C=C\CCS. The summed E-state index contributed by atoms with van der Waals surface area (Å²) in [6.45, 7) is 5.70. The monoisotopic (exact) mass is 128 g/mol. The summed E-state index contributed by atoms with van der Waals surface area (Å²) in [5, 5.41) is 0. The fraction of sp³-hybridized carbons (Fsp3) is 0.429. The second kappa shape index (κ2) is 4.98. The van der Waals surface area contributed by atoms with Crippen LogP contribution in [0.5, 0.6) is 0 Å². The lowest BCUT2D eigenvalue weighted by atomic mass is 10.3. The van der Waals surface area contributed by atoms with E-state index in [-0.39, 0.29) is 0 Å². The summed E-state index contributed by atoms with van der Waals surface area (Å²) in [6.07, 6.45) is 5.13. The normalized spacial score (nSPS) is 10.2. The molecule has 0 nitrogen and oxygen atoms in total. The van der Waals surface area contributed by atoms with Crippen LogP contribution in [0.1, 0.15) is 13.3 Å². The average molecular weight is 128 g/mol. The first-order valence-corrected chi connectivity index (χ1v) is 3.33. The van der Waals surface area contributed by atoms with Crippen LogP contribution in [0.4, 0.5) is 0 Å². The maximum Gasteiger partial charge on any atom is -0.00632 e. The number of hydrogen-bond donors (Lipinski definition) is 1. The fourth-order valence-electron chi connectivity index (χ4n) is 0.359. The fourth-order valence-corrected chi connectivity index (χ4v) is 0.508. The molecule has 0 saturated carbocycles. The Morgan fingerprint density at radius 3 is 2.75 bits per heavy atom. The van der Waals surface area contributed by atoms with Gasteiger partial charge in [-0.05, 0) is 19.1 Å². The molecule has 0 bridgehead atoms. The number of thiol groups is 1. The number of allylic oxidation sites excluding steroid dienone is 3. The summed E-state index contributed by atoms with van der Waals surface area (Å²) in [5.74, 6) is 0.920. The summed E-state index contributed by atoms with van der Waals surface area (Å²) >= 11 is 4.04. The predicted octanol–water partition coefficient (Wildman–Crippen LogP) is 2.44. The molecular formula is C7H12S. The van der Waals surface area contributed by atoms with E-state index < -0.39 is 0 Å². The van der Waals surface area contributed by atoms with E-state index in [0.29, 0.717) is 0 Å². The predicted molar refractivity (Wildman–Crippen MR) is 42.4 cm³/mol.